The van der Waals surface area contributed by atoms with Crippen LogP contribution in [0.1, 0.15) is 52.4 Å². The van der Waals surface area contributed by atoms with Gasteiger partial charge in [-0.05, 0) is 25.2 Å². The number of anilines is 2. The number of halogens is 1. The molecule has 1 aromatic carbocycles. The van der Waals surface area contributed by atoms with Gasteiger partial charge in [0.05, 0.1) is 18.0 Å². The summed E-state index contributed by atoms with van der Waals surface area (Å²) in [5.41, 5.74) is 7.21. The Kier molecular flexibility index (Phi) is 5.71. The summed E-state index contributed by atoms with van der Waals surface area (Å²) in [6.45, 7) is 4.79. The average Bonchev–Trinajstić information content (AvgIpc) is 2.65. The lowest BCUT2D eigenvalue weighted by Gasteiger charge is -2.25. The smallest absolute Gasteiger partial charge is 0.167 e. The van der Waals surface area contributed by atoms with Crippen molar-refractivity contribution in [2.75, 3.05) is 17.7 Å². The molecule has 1 aliphatic rings. The van der Waals surface area contributed by atoms with Gasteiger partial charge in [0.1, 0.15) is 0 Å². The van der Waals surface area contributed by atoms with E-state index in [1.807, 2.05) is 6.92 Å². The van der Waals surface area contributed by atoms with Crippen LogP contribution < -0.4 is 15.8 Å². The quantitative estimate of drug-likeness (QED) is 0.617. The second-order valence-electron chi connectivity index (χ2n) is 6.08. The van der Waals surface area contributed by atoms with Gasteiger partial charge in [-0.25, -0.2) is 4.39 Å². The Hall–Kier alpha value is -1.45. The summed E-state index contributed by atoms with van der Waals surface area (Å²) in [7, 11) is 0. The van der Waals surface area contributed by atoms with Crippen molar-refractivity contribution in [1.82, 2.24) is 0 Å². The van der Waals surface area contributed by atoms with Crippen LogP contribution in [0.25, 0.3) is 0 Å². The maximum absolute atomic E-state index is 13.8. The summed E-state index contributed by atoms with van der Waals surface area (Å²) >= 11 is 0. The minimum atomic E-state index is -0.389. The summed E-state index contributed by atoms with van der Waals surface area (Å²) < 4.78 is 19.3. The highest BCUT2D eigenvalue weighted by molar-refractivity contribution is 5.69. The van der Waals surface area contributed by atoms with Crippen molar-refractivity contribution in [3.05, 3.63) is 17.9 Å². The molecule has 1 aromatic rings. The third-order valence-corrected chi connectivity index (χ3v) is 4.27. The topological polar surface area (TPSA) is 47.3 Å². The van der Waals surface area contributed by atoms with Crippen LogP contribution in [-0.4, -0.2) is 12.6 Å². The van der Waals surface area contributed by atoms with E-state index in [2.05, 4.69) is 12.2 Å². The van der Waals surface area contributed by atoms with Crippen LogP contribution in [0.2, 0.25) is 0 Å². The molecule has 2 rings (SSSR count). The fourth-order valence-electron chi connectivity index (χ4n) is 2.92. The van der Waals surface area contributed by atoms with E-state index in [1.165, 1.54) is 31.7 Å². The van der Waals surface area contributed by atoms with E-state index < -0.39 is 0 Å². The lowest BCUT2D eigenvalue weighted by atomic mass is 9.96. The van der Waals surface area contributed by atoms with Crippen molar-refractivity contribution < 1.29 is 9.13 Å². The largest absolute Gasteiger partial charge is 0.490 e. The number of rotatable bonds is 5. The van der Waals surface area contributed by atoms with E-state index in [-0.39, 0.29) is 11.6 Å². The first kappa shape index (κ1) is 15.9. The van der Waals surface area contributed by atoms with Crippen LogP contribution in [-0.2, 0) is 0 Å². The molecule has 0 bridgehead atoms. The first-order valence-electron chi connectivity index (χ1n) is 8.10. The van der Waals surface area contributed by atoms with E-state index >= 15 is 0 Å². The number of hydrogen-bond donors (Lipinski definition) is 2. The molecular formula is C17H27FN2O. The van der Waals surface area contributed by atoms with Gasteiger partial charge in [-0.3, -0.25) is 0 Å². The van der Waals surface area contributed by atoms with Crippen molar-refractivity contribution >= 4 is 11.4 Å². The summed E-state index contributed by atoms with van der Waals surface area (Å²) in [6.07, 6.45) is 7.06. The molecule has 1 fully saturated rings. The zero-order chi connectivity index (χ0) is 15.2. The Balaban J connectivity index is 2.14. The molecule has 1 saturated carbocycles. The SMILES string of the molecule is CCCOc1cc(NC2CCCCCC2C)c(N)cc1F. The maximum Gasteiger partial charge on any atom is 0.167 e. The number of benzene rings is 1. The monoisotopic (exact) mass is 294 g/mol. The van der Waals surface area contributed by atoms with Gasteiger partial charge in [0.25, 0.3) is 0 Å². The van der Waals surface area contributed by atoms with Crippen LogP contribution in [0.3, 0.4) is 0 Å². The summed E-state index contributed by atoms with van der Waals surface area (Å²) in [5.74, 6) is 0.507. The van der Waals surface area contributed by atoms with Crippen molar-refractivity contribution in [2.24, 2.45) is 5.92 Å². The van der Waals surface area contributed by atoms with E-state index in [9.17, 15) is 4.39 Å². The molecule has 1 aliphatic carbocycles. The minimum Gasteiger partial charge on any atom is -0.490 e. The van der Waals surface area contributed by atoms with E-state index in [1.54, 1.807) is 6.07 Å². The van der Waals surface area contributed by atoms with Gasteiger partial charge in [-0.1, -0.05) is 33.1 Å². The highest BCUT2D eigenvalue weighted by Crippen LogP contribution is 2.32. The van der Waals surface area contributed by atoms with E-state index in [4.69, 9.17) is 10.5 Å². The lowest BCUT2D eigenvalue weighted by molar-refractivity contribution is 0.301. The molecule has 2 unspecified atom stereocenters. The molecular weight excluding hydrogens is 267 g/mol. The summed E-state index contributed by atoms with van der Waals surface area (Å²) in [5, 5.41) is 3.51. The van der Waals surface area contributed by atoms with E-state index in [0.717, 1.165) is 18.5 Å². The van der Waals surface area contributed by atoms with Crippen molar-refractivity contribution in [3.8, 4) is 5.75 Å². The molecule has 118 valence electrons. The normalized spacial score (nSPS) is 22.6. The van der Waals surface area contributed by atoms with Crippen LogP contribution in [0.5, 0.6) is 5.75 Å². The van der Waals surface area contributed by atoms with Crippen LogP contribution >= 0.6 is 0 Å². The zero-order valence-electron chi connectivity index (χ0n) is 13.1. The number of nitrogen functional groups attached to an aromatic ring is 1. The number of ether oxygens (including phenoxy) is 1. The van der Waals surface area contributed by atoms with Crippen molar-refractivity contribution in [2.45, 2.75) is 58.4 Å². The first-order valence-corrected chi connectivity index (χ1v) is 8.10. The number of nitrogens with one attached hydrogen (secondary N) is 1. The Morgan fingerprint density at radius 1 is 1.29 bits per heavy atom. The maximum atomic E-state index is 13.8. The Morgan fingerprint density at radius 3 is 2.81 bits per heavy atom. The molecule has 0 spiro atoms. The van der Waals surface area contributed by atoms with Gasteiger partial charge >= 0.3 is 0 Å². The van der Waals surface area contributed by atoms with Crippen LogP contribution in [0, 0.1) is 11.7 Å². The van der Waals surface area contributed by atoms with Gasteiger partial charge in [0, 0.05) is 18.2 Å². The fraction of sp³-hybridized carbons (Fsp3) is 0.647. The van der Waals surface area contributed by atoms with Crippen LogP contribution in [0.4, 0.5) is 15.8 Å². The second kappa shape index (κ2) is 7.53. The zero-order valence-corrected chi connectivity index (χ0v) is 13.1. The molecule has 0 aromatic heterocycles. The minimum absolute atomic E-state index is 0.287. The predicted octanol–water partition coefficient (Wildman–Crippen LogP) is 4.58. The average molecular weight is 294 g/mol. The first-order chi connectivity index (χ1) is 10.1. The summed E-state index contributed by atoms with van der Waals surface area (Å²) in [4.78, 5) is 0. The molecule has 0 amide bonds. The van der Waals surface area contributed by atoms with Crippen molar-refractivity contribution in [1.29, 1.82) is 0 Å². The van der Waals surface area contributed by atoms with Gasteiger partial charge in [0.15, 0.2) is 11.6 Å². The molecule has 0 saturated heterocycles. The third-order valence-electron chi connectivity index (χ3n) is 4.27. The molecule has 3 N–H and O–H groups in total. The Bertz CT molecular complexity index is 464. The number of nitrogens with two attached hydrogens (primary N) is 1. The Morgan fingerprint density at radius 2 is 2.05 bits per heavy atom. The van der Waals surface area contributed by atoms with Crippen LogP contribution in [0.15, 0.2) is 12.1 Å². The highest BCUT2D eigenvalue weighted by Gasteiger charge is 2.21. The third kappa shape index (κ3) is 4.26. The van der Waals surface area contributed by atoms with Gasteiger partial charge < -0.3 is 15.8 Å². The number of hydrogen-bond acceptors (Lipinski definition) is 3. The second-order valence-corrected chi connectivity index (χ2v) is 6.08. The predicted molar refractivity (Wildman–Crippen MR) is 86.3 cm³/mol. The lowest BCUT2D eigenvalue weighted by Crippen LogP contribution is -2.26. The van der Waals surface area contributed by atoms with Gasteiger partial charge in [0.2, 0.25) is 0 Å². The van der Waals surface area contributed by atoms with Gasteiger partial charge in [-0.15, -0.1) is 0 Å². The molecule has 4 heteroatoms. The Labute approximate surface area is 127 Å². The molecule has 0 radical (unpaired) electrons. The molecule has 0 aliphatic heterocycles. The van der Waals surface area contributed by atoms with E-state index in [0.29, 0.717) is 24.3 Å². The van der Waals surface area contributed by atoms with Gasteiger partial charge in [-0.2, -0.15) is 0 Å². The molecule has 3 nitrogen and oxygen atoms in total. The molecule has 21 heavy (non-hydrogen) atoms. The van der Waals surface area contributed by atoms with Crippen molar-refractivity contribution in [3.63, 3.8) is 0 Å². The fourth-order valence-corrected chi connectivity index (χ4v) is 2.92. The molecule has 0 heterocycles. The molecule has 2 atom stereocenters. The standard InChI is InChI=1S/C17H27FN2O/c1-3-9-21-17-11-16(14(19)10-13(17)18)20-15-8-6-4-5-7-12(15)2/h10-12,15,20H,3-9,19H2,1-2H3. The summed E-state index contributed by atoms with van der Waals surface area (Å²) in [6, 6.07) is 3.46. The highest BCUT2D eigenvalue weighted by atomic mass is 19.1.